The number of nitrogens with zero attached hydrogens (tertiary/aromatic N) is 3. The molecule has 6 nitrogen and oxygen atoms in total. The van der Waals surface area contributed by atoms with Crippen molar-refractivity contribution in [2.24, 2.45) is 5.73 Å². The Morgan fingerprint density at radius 3 is 2.41 bits per heavy atom. The minimum Gasteiger partial charge on any atom is -0.368 e. The zero-order valence-electron chi connectivity index (χ0n) is 16.3. The molecule has 1 unspecified atom stereocenters. The third-order valence-corrected chi connectivity index (χ3v) is 5.53. The molecule has 0 bridgehead atoms. The largest absolute Gasteiger partial charge is 0.368 e. The van der Waals surface area contributed by atoms with E-state index in [2.05, 4.69) is 32.3 Å². The van der Waals surface area contributed by atoms with E-state index in [1.165, 1.54) is 11.9 Å². The highest BCUT2D eigenvalue weighted by Gasteiger charge is 2.46. The van der Waals surface area contributed by atoms with Crippen molar-refractivity contribution in [2.45, 2.75) is 31.3 Å². The molecule has 1 amide bonds. The van der Waals surface area contributed by atoms with Crippen LogP contribution in [-0.4, -0.2) is 28.0 Å². The van der Waals surface area contributed by atoms with Gasteiger partial charge in [0, 0.05) is 25.6 Å². The number of anilines is 2. The Kier molecular flexibility index (Phi) is 5.42. The van der Waals surface area contributed by atoms with E-state index >= 15 is 0 Å². The van der Waals surface area contributed by atoms with Crippen LogP contribution in [0, 0.1) is 0 Å². The Labute approximate surface area is 170 Å². The van der Waals surface area contributed by atoms with Crippen LogP contribution in [-0.2, 0) is 17.8 Å². The first-order valence-electron chi connectivity index (χ1n) is 9.89. The lowest BCUT2D eigenvalue weighted by molar-refractivity contribution is -0.122. The van der Waals surface area contributed by atoms with Gasteiger partial charge in [-0.25, -0.2) is 9.97 Å². The summed E-state index contributed by atoms with van der Waals surface area (Å²) in [5.74, 6) is 1.14. The highest BCUT2D eigenvalue weighted by atomic mass is 16.1. The number of amides is 1. The number of nitrogens with two attached hydrogens (primary N) is 1. The van der Waals surface area contributed by atoms with Gasteiger partial charge in [-0.05, 0) is 24.0 Å². The average molecular weight is 387 g/mol. The van der Waals surface area contributed by atoms with Crippen molar-refractivity contribution in [2.75, 3.05) is 16.8 Å². The molecule has 148 valence electrons. The predicted molar refractivity (Wildman–Crippen MR) is 114 cm³/mol. The van der Waals surface area contributed by atoms with Gasteiger partial charge in [-0.1, -0.05) is 60.7 Å². The third-order valence-electron chi connectivity index (χ3n) is 5.53. The molecule has 4 rings (SSSR count). The molecule has 3 N–H and O–H groups in total. The van der Waals surface area contributed by atoms with Crippen LogP contribution in [0.1, 0.15) is 24.0 Å². The van der Waals surface area contributed by atoms with Crippen LogP contribution in [0.5, 0.6) is 0 Å². The monoisotopic (exact) mass is 387 g/mol. The number of aromatic nitrogens is 2. The maximum Gasteiger partial charge on any atom is 0.243 e. The van der Waals surface area contributed by atoms with Gasteiger partial charge < -0.3 is 16.0 Å². The average Bonchev–Trinajstić information content (AvgIpc) is 3.19. The van der Waals surface area contributed by atoms with Crippen molar-refractivity contribution in [3.05, 3.63) is 84.2 Å². The Bertz CT molecular complexity index is 963. The number of carbonyl (C=O) groups excluding carboxylic acids is 1. The maximum atomic E-state index is 12.6. The van der Waals surface area contributed by atoms with E-state index in [1.54, 1.807) is 0 Å². The van der Waals surface area contributed by atoms with Gasteiger partial charge in [0.2, 0.25) is 5.91 Å². The van der Waals surface area contributed by atoms with Crippen LogP contribution >= 0.6 is 0 Å². The minimum atomic E-state index is -0.771. The first-order chi connectivity index (χ1) is 14.2. The molecule has 3 aromatic rings. The predicted octanol–water partition coefficient (Wildman–Crippen LogP) is 3.16. The summed E-state index contributed by atoms with van der Waals surface area (Å²) in [7, 11) is 0. The lowest BCUT2D eigenvalue weighted by Crippen LogP contribution is -2.56. The Morgan fingerprint density at radius 2 is 1.72 bits per heavy atom. The molecule has 6 heteroatoms. The van der Waals surface area contributed by atoms with E-state index in [0.717, 1.165) is 30.2 Å². The quantitative estimate of drug-likeness (QED) is 0.651. The second kappa shape index (κ2) is 8.31. The normalized spacial score (nSPS) is 18.6. The van der Waals surface area contributed by atoms with E-state index in [9.17, 15) is 4.79 Å². The molecule has 1 saturated heterocycles. The van der Waals surface area contributed by atoms with Crippen LogP contribution in [0.4, 0.5) is 11.6 Å². The summed E-state index contributed by atoms with van der Waals surface area (Å²) >= 11 is 0. The summed E-state index contributed by atoms with van der Waals surface area (Å²) in [5, 5.41) is 3.34. The molecule has 0 radical (unpaired) electrons. The number of hydrogen-bond acceptors (Lipinski definition) is 5. The summed E-state index contributed by atoms with van der Waals surface area (Å²) in [6.45, 7) is 1.41. The summed E-state index contributed by atoms with van der Waals surface area (Å²) < 4.78 is 0. The van der Waals surface area contributed by atoms with Gasteiger partial charge >= 0.3 is 0 Å². The maximum absolute atomic E-state index is 12.6. The lowest BCUT2D eigenvalue weighted by Gasteiger charge is -2.37. The van der Waals surface area contributed by atoms with Gasteiger partial charge in [0.1, 0.15) is 23.5 Å². The Balaban J connectivity index is 1.58. The second-order valence-electron chi connectivity index (χ2n) is 7.41. The standard InChI is InChI=1S/C23H25N5O/c24-22(29)23(15-18-8-3-1-4-9-18)12-7-13-28(23)21-14-20(26-17-27-21)25-16-19-10-5-2-6-11-19/h1-6,8-11,14,17H,7,12-13,15-16H2,(H2,24,29)(H,25,26,27). The van der Waals surface area contributed by atoms with Crippen molar-refractivity contribution in [1.82, 2.24) is 9.97 Å². The smallest absolute Gasteiger partial charge is 0.243 e. The van der Waals surface area contributed by atoms with E-state index in [-0.39, 0.29) is 5.91 Å². The molecule has 1 aliphatic heterocycles. The topological polar surface area (TPSA) is 84.1 Å². The molecule has 2 heterocycles. The van der Waals surface area contributed by atoms with Crippen LogP contribution in [0.15, 0.2) is 73.1 Å². The highest BCUT2D eigenvalue weighted by Crippen LogP contribution is 2.36. The van der Waals surface area contributed by atoms with Crippen molar-refractivity contribution < 1.29 is 4.79 Å². The van der Waals surface area contributed by atoms with Crippen LogP contribution in [0.3, 0.4) is 0 Å². The molecular weight excluding hydrogens is 362 g/mol. The second-order valence-corrected chi connectivity index (χ2v) is 7.41. The molecule has 0 saturated carbocycles. The highest BCUT2D eigenvalue weighted by molar-refractivity contribution is 5.89. The molecular formula is C23H25N5O. The molecule has 1 atom stereocenters. The molecule has 2 aromatic carbocycles. The van der Waals surface area contributed by atoms with Gasteiger partial charge in [0.05, 0.1) is 0 Å². The summed E-state index contributed by atoms with van der Waals surface area (Å²) in [6.07, 6.45) is 3.72. The fraction of sp³-hybridized carbons (Fsp3) is 0.261. The number of nitrogens with one attached hydrogen (secondary N) is 1. The van der Waals surface area contributed by atoms with E-state index in [0.29, 0.717) is 19.4 Å². The first kappa shape index (κ1) is 18.9. The van der Waals surface area contributed by atoms with Crippen molar-refractivity contribution in [1.29, 1.82) is 0 Å². The van der Waals surface area contributed by atoms with Crippen molar-refractivity contribution in [3.8, 4) is 0 Å². The number of benzene rings is 2. The van der Waals surface area contributed by atoms with Crippen LogP contribution in [0.25, 0.3) is 0 Å². The van der Waals surface area contributed by atoms with Crippen molar-refractivity contribution in [3.63, 3.8) is 0 Å². The molecule has 0 aliphatic carbocycles. The summed E-state index contributed by atoms with van der Waals surface area (Å²) in [5.41, 5.74) is 7.43. The molecule has 1 fully saturated rings. The summed E-state index contributed by atoms with van der Waals surface area (Å²) in [4.78, 5) is 23.5. The molecule has 29 heavy (non-hydrogen) atoms. The third kappa shape index (κ3) is 4.06. The van der Waals surface area contributed by atoms with E-state index in [1.807, 2.05) is 54.6 Å². The SMILES string of the molecule is NC(=O)C1(Cc2ccccc2)CCCN1c1cc(NCc2ccccc2)ncn1. The Morgan fingerprint density at radius 1 is 1.03 bits per heavy atom. The summed E-state index contributed by atoms with van der Waals surface area (Å²) in [6, 6.07) is 22.1. The fourth-order valence-electron chi connectivity index (χ4n) is 4.05. The van der Waals surface area contributed by atoms with Gasteiger partial charge in [0.25, 0.3) is 0 Å². The minimum absolute atomic E-state index is 0.309. The molecule has 1 aliphatic rings. The number of hydrogen-bond donors (Lipinski definition) is 2. The number of primary amides is 1. The van der Waals surface area contributed by atoms with Gasteiger partial charge in [-0.2, -0.15) is 0 Å². The van der Waals surface area contributed by atoms with Crippen LogP contribution in [0.2, 0.25) is 0 Å². The Hall–Kier alpha value is -3.41. The van der Waals surface area contributed by atoms with E-state index in [4.69, 9.17) is 5.73 Å². The molecule has 0 spiro atoms. The van der Waals surface area contributed by atoms with Gasteiger partial charge in [0.15, 0.2) is 0 Å². The lowest BCUT2D eigenvalue weighted by atomic mass is 9.87. The number of carbonyl (C=O) groups is 1. The van der Waals surface area contributed by atoms with Gasteiger partial charge in [-0.15, -0.1) is 0 Å². The van der Waals surface area contributed by atoms with Gasteiger partial charge in [-0.3, -0.25) is 4.79 Å². The fourth-order valence-corrected chi connectivity index (χ4v) is 4.05. The molecule has 1 aromatic heterocycles. The van der Waals surface area contributed by atoms with Crippen molar-refractivity contribution >= 4 is 17.5 Å². The number of rotatable bonds is 7. The first-order valence-corrected chi connectivity index (χ1v) is 9.89. The van der Waals surface area contributed by atoms with Crippen LogP contribution < -0.4 is 16.0 Å². The zero-order chi connectivity index (χ0) is 20.1. The van der Waals surface area contributed by atoms with E-state index < -0.39 is 5.54 Å². The zero-order valence-corrected chi connectivity index (χ0v) is 16.3.